The number of benzene rings is 1. The molecule has 0 aromatic heterocycles. The van der Waals surface area contributed by atoms with Gasteiger partial charge in [0, 0.05) is 13.1 Å². The van der Waals surface area contributed by atoms with Crippen molar-refractivity contribution in [3.8, 4) is 11.8 Å². The Kier molecular flexibility index (Phi) is 7.56. The van der Waals surface area contributed by atoms with E-state index in [0.717, 1.165) is 37.2 Å². The fourth-order valence-electron chi connectivity index (χ4n) is 2.66. The van der Waals surface area contributed by atoms with Gasteiger partial charge in [-0.25, -0.2) is 0 Å². The number of likely N-dealkylation sites (tertiary alicyclic amines) is 1. The zero-order valence-corrected chi connectivity index (χ0v) is 13.7. The first-order valence-corrected chi connectivity index (χ1v) is 7.54. The van der Waals surface area contributed by atoms with E-state index in [2.05, 4.69) is 24.8 Å². The molecule has 1 aromatic rings. The third-order valence-electron chi connectivity index (χ3n) is 4.29. The van der Waals surface area contributed by atoms with E-state index >= 15 is 0 Å². The van der Waals surface area contributed by atoms with Crippen LogP contribution in [0.3, 0.4) is 0 Å². The van der Waals surface area contributed by atoms with Crippen molar-refractivity contribution < 1.29 is 4.74 Å². The SMILES string of the molecule is CC1CCN(CCCOc2ccc(C#N)cc2)CC1C.Cl. The highest BCUT2D eigenvalue weighted by atomic mass is 35.5. The van der Waals surface area contributed by atoms with Crippen molar-refractivity contribution in [2.75, 3.05) is 26.2 Å². The largest absolute Gasteiger partial charge is 0.494 e. The Morgan fingerprint density at radius 1 is 1.24 bits per heavy atom. The topological polar surface area (TPSA) is 36.3 Å². The van der Waals surface area contributed by atoms with Crippen molar-refractivity contribution >= 4 is 12.4 Å². The van der Waals surface area contributed by atoms with E-state index in [4.69, 9.17) is 10.00 Å². The van der Waals surface area contributed by atoms with Crippen LogP contribution in [0.25, 0.3) is 0 Å². The van der Waals surface area contributed by atoms with Crippen molar-refractivity contribution in [2.24, 2.45) is 11.8 Å². The molecule has 1 saturated heterocycles. The molecule has 4 heteroatoms. The molecule has 0 spiro atoms. The first kappa shape index (κ1) is 17.8. The average Bonchev–Trinajstić information content (AvgIpc) is 2.48. The van der Waals surface area contributed by atoms with E-state index in [1.807, 2.05) is 12.1 Å². The first-order valence-electron chi connectivity index (χ1n) is 7.54. The molecule has 1 aliphatic rings. The Bertz CT molecular complexity index is 455. The second-order valence-corrected chi connectivity index (χ2v) is 5.88. The number of piperidine rings is 1. The predicted molar refractivity (Wildman–Crippen MR) is 87.9 cm³/mol. The molecule has 1 aromatic carbocycles. The van der Waals surface area contributed by atoms with Gasteiger partial charge in [-0.15, -0.1) is 12.4 Å². The number of rotatable bonds is 5. The van der Waals surface area contributed by atoms with Gasteiger partial charge in [0.25, 0.3) is 0 Å². The molecule has 1 fully saturated rings. The summed E-state index contributed by atoms with van der Waals surface area (Å²) < 4.78 is 5.71. The van der Waals surface area contributed by atoms with E-state index in [1.54, 1.807) is 12.1 Å². The molecule has 0 amide bonds. The minimum absolute atomic E-state index is 0. The Hall–Kier alpha value is -1.24. The monoisotopic (exact) mass is 308 g/mol. The molecule has 1 aliphatic heterocycles. The molecule has 2 atom stereocenters. The number of nitriles is 1. The first-order chi connectivity index (χ1) is 9.69. The molecule has 0 bridgehead atoms. The normalized spacial score (nSPS) is 22.1. The molecule has 116 valence electrons. The average molecular weight is 309 g/mol. The molecule has 2 rings (SSSR count). The maximum Gasteiger partial charge on any atom is 0.119 e. The third kappa shape index (κ3) is 5.57. The summed E-state index contributed by atoms with van der Waals surface area (Å²) in [5, 5.41) is 8.73. The summed E-state index contributed by atoms with van der Waals surface area (Å²) in [4.78, 5) is 2.55. The van der Waals surface area contributed by atoms with E-state index in [-0.39, 0.29) is 12.4 Å². The van der Waals surface area contributed by atoms with Crippen LogP contribution in [0.4, 0.5) is 0 Å². The van der Waals surface area contributed by atoms with Crippen LogP contribution in [-0.2, 0) is 0 Å². The highest BCUT2D eigenvalue weighted by Gasteiger charge is 2.21. The Morgan fingerprint density at radius 2 is 1.95 bits per heavy atom. The summed E-state index contributed by atoms with van der Waals surface area (Å²) in [5.41, 5.74) is 0.675. The van der Waals surface area contributed by atoms with Crippen LogP contribution in [0.15, 0.2) is 24.3 Å². The smallest absolute Gasteiger partial charge is 0.119 e. The highest BCUT2D eigenvalue weighted by molar-refractivity contribution is 5.85. The summed E-state index contributed by atoms with van der Waals surface area (Å²) in [7, 11) is 0. The van der Waals surface area contributed by atoms with Gasteiger partial charge < -0.3 is 9.64 Å². The molecule has 1 heterocycles. The molecule has 2 unspecified atom stereocenters. The van der Waals surface area contributed by atoms with Gasteiger partial charge in [-0.1, -0.05) is 13.8 Å². The van der Waals surface area contributed by atoms with Crippen molar-refractivity contribution in [3.63, 3.8) is 0 Å². The minimum Gasteiger partial charge on any atom is -0.494 e. The standard InChI is InChI=1S/C17H24N2O.ClH/c1-14-8-10-19(13-15(14)2)9-3-11-20-17-6-4-16(12-18)5-7-17;/h4-7,14-15H,3,8-11,13H2,1-2H3;1H. The number of hydrogen-bond donors (Lipinski definition) is 0. The third-order valence-corrected chi connectivity index (χ3v) is 4.29. The van der Waals surface area contributed by atoms with Gasteiger partial charge >= 0.3 is 0 Å². The van der Waals surface area contributed by atoms with E-state index in [0.29, 0.717) is 5.56 Å². The second kappa shape index (κ2) is 8.92. The summed E-state index contributed by atoms with van der Waals surface area (Å²) in [5.74, 6) is 2.52. The molecule has 0 N–H and O–H groups in total. The van der Waals surface area contributed by atoms with Gasteiger partial charge in [-0.2, -0.15) is 5.26 Å². The molecular formula is C17H25ClN2O. The lowest BCUT2D eigenvalue weighted by Crippen LogP contribution is -2.39. The van der Waals surface area contributed by atoms with Crippen LogP contribution in [0.1, 0.15) is 32.3 Å². The fraction of sp³-hybridized carbons (Fsp3) is 0.588. The lowest BCUT2D eigenvalue weighted by atomic mass is 9.89. The lowest BCUT2D eigenvalue weighted by Gasteiger charge is -2.35. The maximum absolute atomic E-state index is 8.73. The quantitative estimate of drug-likeness (QED) is 0.778. The summed E-state index contributed by atoms with van der Waals surface area (Å²) >= 11 is 0. The second-order valence-electron chi connectivity index (χ2n) is 5.88. The van der Waals surface area contributed by atoms with E-state index in [1.165, 1.54) is 19.5 Å². The molecule has 21 heavy (non-hydrogen) atoms. The van der Waals surface area contributed by atoms with Gasteiger partial charge in [-0.05, 0) is 55.5 Å². The lowest BCUT2D eigenvalue weighted by molar-refractivity contribution is 0.130. The van der Waals surface area contributed by atoms with Crippen LogP contribution in [0.5, 0.6) is 5.75 Å². The van der Waals surface area contributed by atoms with Crippen LogP contribution >= 0.6 is 12.4 Å². The Balaban J connectivity index is 0.00000220. The van der Waals surface area contributed by atoms with Crippen LogP contribution in [0.2, 0.25) is 0 Å². The van der Waals surface area contributed by atoms with E-state index < -0.39 is 0 Å². The van der Waals surface area contributed by atoms with Gasteiger partial charge in [0.15, 0.2) is 0 Å². The van der Waals surface area contributed by atoms with Gasteiger partial charge in [0.2, 0.25) is 0 Å². The van der Waals surface area contributed by atoms with Crippen molar-refractivity contribution in [3.05, 3.63) is 29.8 Å². The zero-order valence-electron chi connectivity index (χ0n) is 12.9. The van der Waals surface area contributed by atoms with Gasteiger partial charge in [0.05, 0.1) is 18.2 Å². The van der Waals surface area contributed by atoms with E-state index in [9.17, 15) is 0 Å². The molecule has 0 aliphatic carbocycles. The van der Waals surface area contributed by atoms with Crippen LogP contribution < -0.4 is 4.74 Å². The zero-order chi connectivity index (χ0) is 14.4. The number of ether oxygens (including phenoxy) is 1. The van der Waals surface area contributed by atoms with Crippen LogP contribution in [0, 0.1) is 23.2 Å². The number of hydrogen-bond acceptors (Lipinski definition) is 3. The number of nitrogens with zero attached hydrogens (tertiary/aromatic N) is 2. The maximum atomic E-state index is 8.73. The van der Waals surface area contributed by atoms with Crippen molar-refractivity contribution in [2.45, 2.75) is 26.7 Å². The molecule has 0 saturated carbocycles. The molecular weight excluding hydrogens is 284 g/mol. The molecule has 3 nitrogen and oxygen atoms in total. The van der Waals surface area contributed by atoms with Gasteiger partial charge in [0.1, 0.15) is 5.75 Å². The van der Waals surface area contributed by atoms with Crippen molar-refractivity contribution in [1.29, 1.82) is 5.26 Å². The van der Waals surface area contributed by atoms with Gasteiger partial charge in [-0.3, -0.25) is 0 Å². The summed E-state index contributed by atoms with van der Waals surface area (Å²) in [6.07, 6.45) is 2.37. The van der Waals surface area contributed by atoms with Crippen LogP contribution in [-0.4, -0.2) is 31.1 Å². The fourth-order valence-corrected chi connectivity index (χ4v) is 2.66. The Morgan fingerprint density at radius 3 is 2.57 bits per heavy atom. The highest BCUT2D eigenvalue weighted by Crippen LogP contribution is 2.22. The number of halogens is 1. The summed E-state index contributed by atoms with van der Waals surface area (Å²) in [6, 6.07) is 9.43. The Labute approximate surface area is 134 Å². The van der Waals surface area contributed by atoms with Crippen molar-refractivity contribution in [1.82, 2.24) is 4.90 Å². The minimum atomic E-state index is 0. The molecule has 0 radical (unpaired) electrons. The summed E-state index contributed by atoms with van der Waals surface area (Å²) in [6.45, 7) is 9.01. The predicted octanol–water partition coefficient (Wildman–Crippen LogP) is 3.73.